The van der Waals surface area contributed by atoms with E-state index in [1.54, 1.807) is 0 Å². The average Bonchev–Trinajstić information content (AvgIpc) is 3.19. The predicted octanol–water partition coefficient (Wildman–Crippen LogP) is 3.36. The topological polar surface area (TPSA) is 69.7 Å². The van der Waals surface area contributed by atoms with Gasteiger partial charge in [-0.25, -0.2) is 8.42 Å². The largest absolute Gasteiger partial charge is 0.417 e. The molecule has 11 heteroatoms. The summed E-state index contributed by atoms with van der Waals surface area (Å²) in [5, 5.41) is 2.44. The van der Waals surface area contributed by atoms with E-state index in [4.69, 9.17) is 11.6 Å². The van der Waals surface area contributed by atoms with Gasteiger partial charge < -0.3 is 5.32 Å². The Hall–Kier alpha value is -1.36. The summed E-state index contributed by atoms with van der Waals surface area (Å²) in [6.45, 7) is 4.81. The molecule has 6 nitrogen and oxygen atoms in total. The molecule has 0 radical (unpaired) electrons. The Morgan fingerprint density at radius 3 is 2.48 bits per heavy atom. The Kier molecular flexibility index (Phi) is 7.55. The fraction of sp³-hybridized carbons (Fsp3) is 0.650. The van der Waals surface area contributed by atoms with Gasteiger partial charge in [0.1, 0.15) is 0 Å². The summed E-state index contributed by atoms with van der Waals surface area (Å²) in [6, 6.07) is 2.92. The van der Waals surface area contributed by atoms with E-state index in [2.05, 4.69) is 17.1 Å². The van der Waals surface area contributed by atoms with Gasteiger partial charge in [0.05, 0.1) is 15.5 Å². The van der Waals surface area contributed by atoms with E-state index < -0.39 is 31.7 Å². The fourth-order valence-corrected chi connectivity index (χ4v) is 6.02. The van der Waals surface area contributed by atoms with Crippen LogP contribution in [0.15, 0.2) is 23.1 Å². The van der Waals surface area contributed by atoms with Crippen molar-refractivity contribution in [2.24, 2.45) is 5.92 Å². The molecule has 0 saturated carbocycles. The van der Waals surface area contributed by atoms with Crippen LogP contribution in [0.1, 0.15) is 38.2 Å². The number of likely N-dealkylation sites (N-methyl/N-ethyl adjacent to an activating group) is 1. The zero-order chi connectivity index (χ0) is 22.8. The normalized spacial score (nSPS) is 22.0. The van der Waals surface area contributed by atoms with Gasteiger partial charge in [0, 0.05) is 31.6 Å². The quantitative estimate of drug-likeness (QED) is 0.676. The highest BCUT2D eigenvalue weighted by molar-refractivity contribution is 7.89. The molecule has 2 aliphatic rings. The van der Waals surface area contributed by atoms with Crippen molar-refractivity contribution >= 4 is 27.5 Å². The minimum atomic E-state index is -4.75. The van der Waals surface area contributed by atoms with Gasteiger partial charge in [-0.15, -0.1) is 0 Å². The zero-order valence-electron chi connectivity index (χ0n) is 17.3. The molecular weight excluding hydrogens is 455 g/mol. The number of hydrogen-bond acceptors (Lipinski definition) is 4. The van der Waals surface area contributed by atoms with Gasteiger partial charge in [0.25, 0.3) is 0 Å². The number of nitrogens with one attached hydrogen (secondary N) is 1. The molecule has 174 valence electrons. The lowest BCUT2D eigenvalue weighted by Gasteiger charge is -2.31. The number of nitrogens with zero attached hydrogens (tertiary/aromatic N) is 2. The number of rotatable bonds is 6. The second kappa shape index (κ2) is 9.64. The highest BCUT2D eigenvalue weighted by Crippen LogP contribution is 2.36. The van der Waals surface area contributed by atoms with Crippen molar-refractivity contribution in [2.45, 2.75) is 49.7 Å². The van der Waals surface area contributed by atoms with Gasteiger partial charge in [-0.2, -0.15) is 17.5 Å². The maximum absolute atomic E-state index is 13.1. The van der Waals surface area contributed by atoms with Gasteiger partial charge in [0.2, 0.25) is 15.9 Å². The number of amides is 1. The second-order valence-corrected chi connectivity index (χ2v) is 10.3. The lowest BCUT2D eigenvalue weighted by molar-refractivity contribution is -0.137. The minimum absolute atomic E-state index is 0.0783. The Balaban J connectivity index is 1.59. The molecular formula is C20H27ClF3N3O3S. The van der Waals surface area contributed by atoms with Crippen molar-refractivity contribution in [3.63, 3.8) is 0 Å². The molecule has 0 aromatic heterocycles. The van der Waals surface area contributed by atoms with Gasteiger partial charge in [-0.3, -0.25) is 9.69 Å². The van der Waals surface area contributed by atoms with E-state index >= 15 is 0 Å². The number of piperidine rings is 1. The van der Waals surface area contributed by atoms with Crippen LogP contribution in [0.25, 0.3) is 0 Å². The Morgan fingerprint density at radius 2 is 1.87 bits per heavy atom. The first kappa shape index (κ1) is 24.3. The number of sulfonamides is 1. The van der Waals surface area contributed by atoms with E-state index in [1.807, 2.05) is 0 Å². The standard InChI is InChI=1S/C20H27ClF3N3O3S/c1-2-26-9-3-4-15(26)13-25-19(28)14-7-10-27(11-8-14)31(29,30)16-5-6-18(21)17(12-16)20(22,23)24/h5-6,12,14-15H,2-4,7-11,13H2,1H3,(H,25,28). The molecule has 0 bridgehead atoms. The highest BCUT2D eigenvalue weighted by Gasteiger charge is 2.37. The third kappa shape index (κ3) is 5.53. The molecule has 2 fully saturated rings. The number of halogens is 4. The maximum Gasteiger partial charge on any atom is 0.417 e. The number of benzene rings is 1. The maximum atomic E-state index is 13.1. The Labute approximate surface area is 185 Å². The van der Waals surface area contributed by atoms with Crippen LogP contribution >= 0.6 is 11.6 Å². The van der Waals surface area contributed by atoms with Crippen LogP contribution in [-0.4, -0.2) is 62.3 Å². The van der Waals surface area contributed by atoms with E-state index in [0.717, 1.165) is 42.4 Å². The van der Waals surface area contributed by atoms with Gasteiger partial charge in [-0.1, -0.05) is 18.5 Å². The molecule has 31 heavy (non-hydrogen) atoms. The lowest BCUT2D eigenvalue weighted by Crippen LogP contribution is -2.45. The number of hydrogen-bond donors (Lipinski definition) is 1. The molecule has 1 atom stereocenters. The van der Waals surface area contributed by atoms with Crippen molar-refractivity contribution in [3.8, 4) is 0 Å². The number of carbonyl (C=O) groups is 1. The van der Waals surface area contributed by atoms with E-state index in [1.165, 1.54) is 0 Å². The predicted molar refractivity (Wildman–Crippen MR) is 111 cm³/mol. The number of alkyl halides is 3. The molecule has 2 aliphatic heterocycles. The molecule has 3 rings (SSSR count). The summed E-state index contributed by atoms with van der Waals surface area (Å²) in [4.78, 5) is 14.4. The second-order valence-electron chi connectivity index (χ2n) is 7.99. The molecule has 1 amide bonds. The SMILES string of the molecule is CCN1CCCC1CNC(=O)C1CCN(S(=O)(=O)c2ccc(Cl)c(C(F)(F)F)c2)CC1. The van der Waals surface area contributed by atoms with E-state index in [9.17, 15) is 26.4 Å². The molecule has 1 N–H and O–H groups in total. The summed E-state index contributed by atoms with van der Waals surface area (Å²) in [5.74, 6) is -0.398. The third-order valence-electron chi connectivity index (χ3n) is 6.12. The van der Waals surface area contributed by atoms with Crippen molar-refractivity contribution in [2.75, 3.05) is 32.7 Å². The first-order valence-electron chi connectivity index (χ1n) is 10.4. The molecule has 2 heterocycles. The molecule has 1 aromatic rings. The zero-order valence-corrected chi connectivity index (χ0v) is 18.9. The lowest BCUT2D eigenvalue weighted by atomic mass is 9.97. The summed E-state index contributed by atoms with van der Waals surface area (Å²) in [6.07, 6.45) is -1.93. The number of carbonyl (C=O) groups excluding carboxylic acids is 1. The first-order chi connectivity index (χ1) is 14.5. The van der Waals surface area contributed by atoms with Crippen LogP contribution in [0.4, 0.5) is 13.2 Å². The van der Waals surface area contributed by atoms with Crippen LogP contribution in [0, 0.1) is 5.92 Å². The van der Waals surface area contributed by atoms with Gasteiger partial charge in [0.15, 0.2) is 0 Å². The van der Waals surface area contributed by atoms with Crippen molar-refractivity contribution in [1.82, 2.24) is 14.5 Å². The highest BCUT2D eigenvalue weighted by atomic mass is 35.5. The molecule has 0 spiro atoms. The van der Waals surface area contributed by atoms with Gasteiger partial charge >= 0.3 is 6.18 Å². The van der Waals surface area contributed by atoms with Crippen molar-refractivity contribution < 1.29 is 26.4 Å². The van der Waals surface area contributed by atoms with Crippen molar-refractivity contribution in [3.05, 3.63) is 28.8 Å². The summed E-state index contributed by atoms with van der Waals surface area (Å²) in [7, 11) is -4.11. The molecule has 2 saturated heterocycles. The Morgan fingerprint density at radius 1 is 1.19 bits per heavy atom. The number of likely N-dealkylation sites (tertiary alicyclic amines) is 1. The third-order valence-corrected chi connectivity index (χ3v) is 8.35. The molecule has 1 unspecified atom stereocenters. The minimum Gasteiger partial charge on any atom is -0.354 e. The molecule has 0 aliphatic carbocycles. The van der Waals surface area contributed by atoms with E-state index in [-0.39, 0.29) is 24.9 Å². The van der Waals surface area contributed by atoms with Crippen LogP contribution < -0.4 is 5.32 Å². The summed E-state index contributed by atoms with van der Waals surface area (Å²) in [5.41, 5.74) is -1.18. The van der Waals surface area contributed by atoms with Crippen LogP contribution in [0.2, 0.25) is 5.02 Å². The summed E-state index contributed by atoms with van der Waals surface area (Å²) >= 11 is 5.59. The Bertz CT molecular complexity index is 903. The monoisotopic (exact) mass is 481 g/mol. The summed E-state index contributed by atoms with van der Waals surface area (Å²) < 4.78 is 66.1. The van der Waals surface area contributed by atoms with E-state index in [0.29, 0.717) is 31.5 Å². The van der Waals surface area contributed by atoms with Gasteiger partial charge in [-0.05, 0) is 57.0 Å². The fourth-order valence-electron chi connectivity index (χ4n) is 4.29. The average molecular weight is 482 g/mol. The first-order valence-corrected chi connectivity index (χ1v) is 12.2. The van der Waals surface area contributed by atoms with Crippen LogP contribution in [0.5, 0.6) is 0 Å². The molecule has 1 aromatic carbocycles. The van der Waals surface area contributed by atoms with Crippen LogP contribution in [0.3, 0.4) is 0 Å². The van der Waals surface area contributed by atoms with Crippen LogP contribution in [-0.2, 0) is 21.0 Å². The van der Waals surface area contributed by atoms with Crippen molar-refractivity contribution in [1.29, 1.82) is 0 Å². The smallest absolute Gasteiger partial charge is 0.354 e.